The van der Waals surface area contributed by atoms with Crippen LogP contribution in [0.15, 0.2) is 12.1 Å². The number of rotatable bonds is 7. The molecule has 0 aromatic heterocycles. The molecule has 6 nitrogen and oxygen atoms in total. The van der Waals surface area contributed by atoms with Gasteiger partial charge in [-0.15, -0.1) is 0 Å². The van der Waals surface area contributed by atoms with Crippen molar-refractivity contribution in [3.05, 3.63) is 23.3 Å². The fraction of sp³-hybridized carbons (Fsp3) is 0.533. The summed E-state index contributed by atoms with van der Waals surface area (Å²) >= 11 is 0. The fourth-order valence-corrected chi connectivity index (χ4v) is 2.81. The first-order chi connectivity index (χ1) is 10.2. The number of nitrogens with one attached hydrogen (secondary N) is 2. The zero-order valence-electron chi connectivity index (χ0n) is 13.9. The molecule has 22 heavy (non-hydrogen) atoms. The lowest BCUT2D eigenvalue weighted by Gasteiger charge is -2.19. The fourth-order valence-electron chi connectivity index (χ4n) is 2.26. The molecule has 0 radical (unpaired) electrons. The first-order valence-electron chi connectivity index (χ1n) is 7.27. The molecule has 0 atom stereocenters. The highest BCUT2D eigenvalue weighted by atomic mass is 32.2. The van der Waals surface area contributed by atoms with E-state index < -0.39 is 10.0 Å². The minimum Gasteiger partial charge on any atom is -0.324 e. The molecule has 0 bridgehead atoms. The van der Waals surface area contributed by atoms with Crippen LogP contribution in [-0.2, 0) is 14.8 Å². The Morgan fingerprint density at radius 2 is 1.64 bits per heavy atom. The number of carbonyl (C=O) groups is 1. The van der Waals surface area contributed by atoms with E-state index in [1.807, 2.05) is 32.6 Å². The Morgan fingerprint density at radius 3 is 2.05 bits per heavy atom. The average molecular weight is 327 g/mol. The Kier molecular flexibility index (Phi) is 6.37. The smallest absolute Gasteiger partial charge is 0.238 e. The molecular formula is C15H25N3O3S. The van der Waals surface area contributed by atoms with Crippen LogP contribution in [0.5, 0.6) is 0 Å². The molecule has 0 saturated carbocycles. The lowest BCUT2D eigenvalue weighted by Crippen LogP contribution is -2.33. The van der Waals surface area contributed by atoms with Crippen molar-refractivity contribution in [3.63, 3.8) is 0 Å². The summed E-state index contributed by atoms with van der Waals surface area (Å²) in [6.07, 6.45) is 1.11. The summed E-state index contributed by atoms with van der Waals surface area (Å²) in [5.41, 5.74) is 2.87. The van der Waals surface area contributed by atoms with Crippen LogP contribution in [0.1, 0.15) is 25.0 Å². The summed E-state index contributed by atoms with van der Waals surface area (Å²) < 4.78 is 25.0. The molecule has 1 aromatic carbocycles. The second-order valence-corrected chi connectivity index (χ2v) is 7.12. The van der Waals surface area contributed by atoms with Crippen molar-refractivity contribution in [2.24, 2.45) is 0 Å². The van der Waals surface area contributed by atoms with Gasteiger partial charge in [0.2, 0.25) is 15.9 Å². The van der Waals surface area contributed by atoms with Crippen LogP contribution >= 0.6 is 0 Å². The van der Waals surface area contributed by atoms with Crippen molar-refractivity contribution < 1.29 is 13.2 Å². The molecule has 7 heteroatoms. The third-order valence-corrected chi connectivity index (χ3v) is 3.97. The van der Waals surface area contributed by atoms with Gasteiger partial charge in [0, 0.05) is 11.4 Å². The van der Waals surface area contributed by atoms with Gasteiger partial charge in [-0.3, -0.25) is 14.4 Å². The Balaban J connectivity index is 2.90. The lowest BCUT2D eigenvalue weighted by molar-refractivity contribution is -0.117. The topological polar surface area (TPSA) is 78.5 Å². The largest absolute Gasteiger partial charge is 0.324 e. The first-order valence-corrected chi connectivity index (χ1v) is 9.16. The summed E-state index contributed by atoms with van der Waals surface area (Å²) in [5.74, 6) is -0.0706. The molecule has 124 valence electrons. The minimum atomic E-state index is -3.31. The van der Waals surface area contributed by atoms with Crippen LogP contribution in [0, 0.1) is 13.8 Å². The molecular weight excluding hydrogens is 302 g/mol. The lowest BCUT2D eigenvalue weighted by atomic mass is 10.1. The van der Waals surface area contributed by atoms with Gasteiger partial charge in [-0.25, -0.2) is 8.42 Å². The summed E-state index contributed by atoms with van der Waals surface area (Å²) in [7, 11) is -3.31. The zero-order chi connectivity index (χ0) is 16.9. The van der Waals surface area contributed by atoms with E-state index in [1.165, 1.54) is 0 Å². The quantitative estimate of drug-likeness (QED) is 0.802. The van der Waals surface area contributed by atoms with E-state index in [2.05, 4.69) is 10.0 Å². The second kappa shape index (κ2) is 7.60. The summed E-state index contributed by atoms with van der Waals surface area (Å²) in [5, 5.41) is 2.91. The van der Waals surface area contributed by atoms with Gasteiger partial charge in [-0.2, -0.15) is 0 Å². The van der Waals surface area contributed by atoms with E-state index in [4.69, 9.17) is 0 Å². The second-order valence-electron chi connectivity index (χ2n) is 5.37. The number of carbonyl (C=O) groups excluding carboxylic acids is 1. The van der Waals surface area contributed by atoms with Crippen molar-refractivity contribution in [2.45, 2.75) is 27.7 Å². The molecule has 1 aromatic rings. The Bertz CT molecular complexity index is 614. The van der Waals surface area contributed by atoms with Crippen molar-refractivity contribution in [1.82, 2.24) is 4.90 Å². The maximum atomic E-state index is 12.1. The maximum absolute atomic E-state index is 12.1. The van der Waals surface area contributed by atoms with Gasteiger partial charge in [0.25, 0.3) is 0 Å². The van der Waals surface area contributed by atoms with Crippen molar-refractivity contribution in [1.29, 1.82) is 0 Å². The molecule has 0 fully saturated rings. The van der Waals surface area contributed by atoms with Gasteiger partial charge in [0.1, 0.15) is 0 Å². The summed E-state index contributed by atoms with van der Waals surface area (Å²) in [6, 6.07) is 3.42. The molecule has 1 amide bonds. The third-order valence-electron chi connectivity index (χ3n) is 3.36. The SMILES string of the molecule is CCN(CC)CC(=O)Nc1c(C)cc(NS(C)(=O)=O)cc1C. The Labute approximate surface area is 132 Å². The summed E-state index contributed by atoms with van der Waals surface area (Å²) in [6.45, 7) is 9.69. The number of hydrogen-bond acceptors (Lipinski definition) is 4. The normalized spacial score (nSPS) is 11.5. The van der Waals surface area contributed by atoms with E-state index in [1.54, 1.807) is 12.1 Å². The van der Waals surface area contributed by atoms with Gasteiger partial charge in [0.15, 0.2) is 0 Å². The Hall–Kier alpha value is -1.60. The molecule has 2 N–H and O–H groups in total. The van der Waals surface area contributed by atoms with E-state index in [9.17, 15) is 13.2 Å². The van der Waals surface area contributed by atoms with Crippen LogP contribution in [0.2, 0.25) is 0 Å². The molecule has 1 rings (SSSR count). The van der Waals surface area contributed by atoms with E-state index in [0.717, 1.165) is 36.2 Å². The number of nitrogens with zero attached hydrogens (tertiary/aromatic N) is 1. The van der Waals surface area contributed by atoms with Crippen LogP contribution in [0.25, 0.3) is 0 Å². The predicted octanol–water partition coefficient (Wildman–Crippen LogP) is 1.96. The van der Waals surface area contributed by atoms with E-state index in [-0.39, 0.29) is 5.91 Å². The number of aryl methyl sites for hydroxylation is 2. The van der Waals surface area contributed by atoms with Gasteiger partial charge in [-0.1, -0.05) is 13.8 Å². The van der Waals surface area contributed by atoms with Gasteiger partial charge in [-0.05, 0) is 50.2 Å². The monoisotopic (exact) mass is 327 g/mol. The molecule has 0 aliphatic carbocycles. The zero-order valence-corrected chi connectivity index (χ0v) is 14.7. The number of hydrogen-bond donors (Lipinski definition) is 2. The Morgan fingerprint density at radius 1 is 1.14 bits per heavy atom. The van der Waals surface area contributed by atoms with E-state index in [0.29, 0.717) is 12.2 Å². The predicted molar refractivity (Wildman–Crippen MR) is 90.8 cm³/mol. The third kappa shape index (κ3) is 5.65. The van der Waals surface area contributed by atoms with Gasteiger partial charge in [0.05, 0.1) is 12.8 Å². The molecule has 0 saturated heterocycles. The number of anilines is 2. The molecule has 0 spiro atoms. The number of amides is 1. The van der Waals surface area contributed by atoms with Gasteiger partial charge >= 0.3 is 0 Å². The van der Waals surface area contributed by atoms with Crippen LogP contribution in [0.4, 0.5) is 11.4 Å². The molecule has 0 aliphatic heterocycles. The van der Waals surface area contributed by atoms with Crippen LogP contribution in [-0.4, -0.2) is 45.1 Å². The van der Waals surface area contributed by atoms with Crippen LogP contribution < -0.4 is 10.0 Å². The van der Waals surface area contributed by atoms with Crippen molar-refractivity contribution in [2.75, 3.05) is 35.9 Å². The van der Waals surface area contributed by atoms with Crippen molar-refractivity contribution >= 4 is 27.3 Å². The first kappa shape index (κ1) is 18.4. The minimum absolute atomic E-state index is 0.0706. The summed E-state index contributed by atoms with van der Waals surface area (Å²) in [4.78, 5) is 14.1. The molecule has 0 unspecified atom stereocenters. The number of likely N-dealkylation sites (N-methyl/N-ethyl adjacent to an activating group) is 1. The average Bonchev–Trinajstić information content (AvgIpc) is 2.38. The maximum Gasteiger partial charge on any atom is 0.238 e. The highest BCUT2D eigenvalue weighted by Gasteiger charge is 2.12. The number of benzene rings is 1. The highest BCUT2D eigenvalue weighted by molar-refractivity contribution is 7.92. The van der Waals surface area contributed by atoms with Crippen LogP contribution in [0.3, 0.4) is 0 Å². The molecule has 0 aliphatic rings. The number of sulfonamides is 1. The van der Waals surface area contributed by atoms with Crippen molar-refractivity contribution in [3.8, 4) is 0 Å². The van der Waals surface area contributed by atoms with E-state index >= 15 is 0 Å². The highest BCUT2D eigenvalue weighted by Crippen LogP contribution is 2.25. The standard InChI is InChI=1S/C15H25N3O3S/c1-6-18(7-2)10-14(19)16-15-11(3)8-13(9-12(15)4)17-22(5,20)21/h8-9,17H,6-7,10H2,1-5H3,(H,16,19). The van der Waals surface area contributed by atoms with Gasteiger partial charge < -0.3 is 5.32 Å². The molecule has 0 heterocycles.